The van der Waals surface area contributed by atoms with Crippen molar-refractivity contribution in [3.63, 3.8) is 0 Å². The number of rotatable bonds is 4. The van der Waals surface area contributed by atoms with Crippen molar-refractivity contribution in [2.75, 3.05) is 19.1 Å². The molecule has 2 amide bonds. The second kappa shape index (κ2) is 8.36. The lowest BCUT2D eigenvalue weighted by Crippen LogP contribution is -2.51. The number of ketones is 2. The van der Waals surface area contributed by atoms with Crippen molar-refractivity contribution < 1.29 is 33.4 Å². The van der Waals surface area contributed by atoms with Gasteiger partial charge in [0.15, 0.2) is 11.5 Å². The van der Waals surface area contributed by atoms with Crippen LogP contribution >= 0.6 is 15.9 Å². The Morgan fingerprint density at radius 2 is 1.43 bits per heavy atom. The van der Waals surface area contributed by atoms with Crippen LogP contribution in [0.4, 0.5) is 5.69 Å². The number of carbonyl (C=O) groups is 4. The molecular weight excluding hydrogens is 542 g/mol. The monoisotopic (exact) mass is 561 g/mol. The number of hydrogen-bond acceptors (Lipinski definition) is 7. The van der Waals surface area contributed by atoms with E-state index in [1.807, 2.05) is 0 Å². The van der Waals surface area contributed by atoms with Crippen LogP contribution in [-0.2, 0) is 14.3 Å². The van der Waals surface area contributed by atoms with Gasteiger partial charge in [-0.15, -0.1) is 0 Å². The van der Waals surface area contributed by atoms with Crippen LogP contribution in [0.5, 0.6) is 11.5 Å². The first-order valence-corrected chi connectivity index (χ1v) is 12.3. The standard InChI is InChI=1S/C28H20BrNO7/c1-35-19-12-7-14(13-20(19)36-2)23-21-22(27(34)30(26(21)33)16-10-8-15(29)9-11-16)28(37-23)24(31)17-5-3-4-6-18(17)25(28)32/h3-13,21-23H,1-2H3/t21-,22+,23-/m0/s1. The van der Waals surface area contributed by atoms with Gasteiger partial charge in [0.05, 0.1) is 37.8 Å². The predicted molar refractivity (Wildman–Crippen MR) is 135 cm³/mol. The van der Waals surface area contributed by atoms with Gasteiger partial charge in [0.1, 0.15) is 0 Å². The van der Waals surface area contributed by atoms with Crippen LogP contribution in [0.15, 0.2) is 71.2 Å². The molecule has 2 heterocycles. The lowest BCUT2D eigenvalue weighted by atomic mass is 9.77. The predicted octanol–water partition coefficient (Wildman–Crippen LogP) is 4.16. The summed E-state index contributed by atoms with van der Waals surface area (Å²) in [5.41, 5.74) is -0.935. The average molecular weight is 562 g/mol. The van der Waals surface area contributed by atoms with Gasteiger partial charge in [-0.25, -0.2) is 4.90 Å². The molecule has 3 aromatic rings. The van der Waals surface area contributed by atoms with Gasteiger partial charge in [0.2, 0.25) is 29.0 Å². The first kappa shape index (κ1) is 23.6. The number of fused-ring (bicyclic) bond motifs is 3. The summed E-state index contributed by atoms with van der Waals surface area (Å²) in [7, 11) is 2.97. The van der Waals surface area contributed by atoms with E-state index in [0.717, 1.165) is 9.37 Å². The van der Waals surface area contributed by atoms with Crippen LogP contribution in [-0.4, -0.2) is 43.2 Å². The van der Waals surface area contributed by atoms with Crippen molar-refractivity contribution in [1.82, 2.24) is 0 Å². The minimum Gasteiger partial charge on any atom is -0.493 e. The molecule has 0 aromatic heterocycles. The zero-order chi connectivity index (χ0) is 26.1. The van der Waals surface area contributed by atoms with Gasteiger partial charge in [0.25, 0.3) is 0 Å². The fourth-order valence-corrected chi connectivity index (χ4v) is 5.96. The molecule has 1 spiro atoms. The van der Waals surface area contributed by atoms with Crippen molar-refractivity contribution in [3.8, 4) is 11.5 Å². The molecule has 8 nitrogen and oxygen atoms in total. The lowest BCUT2D eigenvalue weighted by Gasteiger charge is -2.27. The van der Waals surface area contributed by atoms with Gasteiger partial charge in [-0.2, -0.15) is 0 Å². The molecule has 3 atom stereocenters. The number of ether oxygens (including phenoxy) is 3. The summed E-state index contributed by atoms with van der Waals surface area (Å²) in [6, 6.07) is 18.0. The molecule has 9 heteroatoms. The van der Waals surface area contributed by atoms with Crippen molar-refractivity contribution in [2.24, 2.45) is 11.8 Å². The largest absolute Gasteiger partial charge is 0.493 e. The summed E-state index contributed by atoms with van der Waals surface area (Å²) in [4.78, 5) is 56.6. The molecule has 0 N–H and O–H groups in total. The minimum absolute atomic E-state index is 0.182. The van der Waals surface area contributed by atoms with E-state index in [4.69, 9.17) is 14.2 Å². The number of imide groups is 1. The highest BCUT2D eigenvalue weighted by Gasteiger charge is 2.74. The summed E-state index contributed by atoms with van der Waals surface area (Å²) in [6.45, 7) is 0. The fourth-order valence-electron chi connectivity index (χ4n) is 5.69. The summed E-state index contributed by atoms with van der Waals surface area (Å²) >= 11 is 3.36. The molecule has 2 aliphatic heterocycles. The Balaban J connectivity index is 1.54. The van der Waals surface area contributed by atoms with Crippen molar-refractivity contribution >= 4 is 45.0 Å². The van der Waals surface area contributed by atoms with E-state index in [1.54, 1.807) is 66.7 Å². The number of benzene rings is 3. The number of nitrogens with zero attached hydrogens (tertiary/aromatic N) is 1. The van der Waals surface area contributed by atoms with Crippen LogP contribution in [0, 0.1) is 11.8 Å². The maximum atomic E-state index is 14.0. The van der Waals surface area contributed by atoms with E-state index in [9.17, 15) is 19.2 Å². The highest BCUT2D eigenvalue weighted by molar-refractivity contribution is 9.10. The third-order valence-electron chi connectivity index (χ3n) is 7.34. The van der Waals surface area contributed by atoms with E-state index in [2.05, 4.69) is 15.9 Å². The Morgan fingerprint density at radius 1 is 0.811 bits per heavy atom. The van der Waals surface area contributed by atoms with Gasteiger partial charge in [-0.05, 0) is 42.0 Å². The van der Waals surface area contributed by atoms with E-state index < -0.39 is 46.9 Å². The maximum Gasteiger partial charge on any atom is 0.241 e. The van der Waals surface area contributed by atoms with Crippen LogP contribution < -0.4 is 14.4 Å². The first-order chi connectivity index (χ1) is 17.8. The number of halogens is 1. The number of Topliss-reactive ketones (excluding diaryl/α,β-unsaturated/α-hetero) is 2. The van der Waals surface area contributed by atoms with Crippen molar-refractivity contribution in [1.29, 1.82) is 0 Å². The Hall–Kier alpha value is -3.82. The zero-order valence-electron chi connectivity index (χ0n) is 19.8. The van der Waals surface area contributed by atoms with E-state index in [-0.39, 0.29) is 11.1 Å². The van der Waals surface area contributed by atoms with E-state index in [0.29, 0.717) is 22.7 Å². The molecule has 0 bridgehead atoms. The Morgan fingerprint density at radius 3 is 2.03 bits per heavy atom. The summed E-state index contributed by atoms with van der Waals surface area (Å²) < 4.78 is 17.8. The molecule has 1 aliphatic carbocycles. The molecule has 3 aromatic carbocycles. The van der Waals surface area contributed by atoms with Crippen LogP contribution in [0.1, 0.15) is 32.4 Å². The Bertz CT molecular complexity index is 1460. The second-order valence-electron chi connectivity index (χ2n) is 9.08. The lowest BCUT2D eigenvalue weighted by molar-refractivity contribution is -0.127. The second-order valence-corrected chi connectivity index (χ2v) is 10.00. The van der Waals surface area contributed by atoms with Gasteiger partial charge in [-0.3, -0.25) is 19.2 Å². The molecule has 0 unspecified atom stereocenters. The van der Waals surface area contributed by atoms with Crippen molar-refractivity contribution in [2.45, 2.75) is 11.7 Å². The molecule has 0 saturated carbocycles. The van der Waals surface area contributed by atoms with Crippen LogP contribution in [0.2, 0.25) is 0 Å². The van der Waals surface area contributed by atoms with E-state index >= 15 is 0 Å². The molecule has 0 radical (unpaired) electrons. The smallest absolute Gasteiger partial charge is 0.241 e. The molecule has 37 heavy (non-hydrogen) atoms. The zero-order valence-corrected chi connectivity index (χ0v) is 21.4. The normalized spacial score (nSPS) is 23.5. The number of methoxy groups -OCH3 is 2. The molecule has 6 rings (SSSR count). The summed E-state index contributed by atoms with van der Waals surface area (Å²) in [5, 5.41) is 0. The first-order valence-electron chi connectivity index (χ1n) is 11.5. The number of carbonyl (C=O) groups excluding carboxylic acids is 4. The SMILES string of the molecule is COc1ccc([C@@H]2OC3(C(=O)c4ccccc4C3=O)[C@H]3C(=O)N(c4ccc(Br)cc4)C(=O)[C@H]23)cc1OC. The molecule has 2 saturated heterocycles. The average Bonchev–Trinajstić information content (AvgIpc) is 3.49. The minimum atomic E-state index is -2.14. The van der Waals surface area contributed by atoms with Gasteiger partial charge in [-0.1, -0.05) is 46.3 Å². The third-order valence-corrected chi connectivity index (χ3v) is 7.87. The molecular formula is C28H20BrNO7. The highest BCUT2D eigenvalue weighted by Crippen LogP contribution is 2.58. The topological polar surface area (TPSA) is 99.2 Å². The van der Waals surface area contributed by atoms with Gasteiger partial charge in [0, 0.05) is 15.6 Å². The molecule has 2 fully saturated rings. The number of hydrogen-bond donors (Lipinski definition) is 0. The number of anilines is 1. The quantitative estimate of drug-likeness (QED) is 0.348. The van der Waals surface area contributed by atoms with Crippen molar-refractivity contribution in [3.05, 3.63) is 87.9 Å². The van der Waals surface area contributed by atoms with E-state index in [1.165, 1.54) is 14.2 Å². The van der Waals surface area contributed by atoms with Crippen LogP contribution in [0.3, 0.4) is 0 Å². The molecule has 186 valence electrons. The van der Waals surface area contributed by atoms with Gasteiger partial charge >= 0.3 is 0 Å². The Kier molecular flexibility index (Phi) is 5.32. The maximum absolute atomic E-state index is 14.0. The summed E-state index contributed by atoms with van der Waals surface area (Å²) in [6.07, 6.45) is -1.05. The summed E-state index contributed by atoms with van der Waals surface area (Å²) in [5.74, 6) is -3.98. The Labute approximate surface area is 220 Å². The highest BCUT2D eigenvalue weighted by atomic mass is 79.9. The van der Waals surface area contributed by atoms with Crippen LogP contribution in [0.25, 0.3) is 0 Å². The fraction of sp³-hybridized carbons (Fsp3) is 0.214. The number of amides is 2. The third kappa shape index (κ3) is 3.10. The van der Waals surface area contributed by atoms with Gasteiger partial charge < -0.3 is 14.2 Å². The molecule has 3 aliphatic rings.